The van der Waals surface area contributed by atoms with E-state index in [9.17, 15) is 4.79 Å². The number of para-hydroxylation sites is 1. The minimum atomic E-state index is -0.177. The first-order valence-corrected chi connectivity index (χ1v) is 9.11. The Bertz CT molecular complexity index is 879. The van der Waals surface area contributed by atoms with E-state index in [1.165, 1.54) is 0 Å². The third kappa shape index (κ3) is 4.83. The van der Waals surface area contributed by atoms with Crippen LogP contribution >= 0.6 is 15.9 Å². The normalized spacial score (nSPS) is 10.7. The number of rotatable bonds is 5. The van der Waals surface area contributed by atoms with E-state index < -0.39 is 0 Å². The second kappa shape index (κ2) is 9.02. The average molecular weight is 407 g/mol. The highest BCUT2D eigenvalue weighted by Crippen LogP contribution is 2.18. The first-order valence-electron chi connectivity index (χ1n) is 8.32. The molecular weight excluding hydrogens is 388 g/mol. The van der Waals surface area contributed by atoms with Crippen LogP contribution in [0, 0.1) is 0 Å². The molecule has 1 N–H and O–H groups in total. The van der Waals surface area contributed by atoms with Gasteiger partial charge in [0.1, 0.15) is 0 Å². The molecule has 2 amide bonds. The van der Waals surface area contributed by atoms with Crippen LogP contribution in [0.3, 0.4) is 0 Å². The molecule has 130 valence electrons. The van der Waals surface area contributed by atoms with Gasteiger partial charge in [0, 0.05) is 16.4 Å². The van der Waals surface area contributed by atoms with Crippen LogP contribution in [0.15, 0.2) is 95.6 Å². The van der Waals surface area contributed by atoms with E-state index in [1.807, 2.05) is 91.0 Å². The van der Waals surface area contributed by atoms with Gasteiger partial charge in [0.05, 0.1) is 6.54 Å². The number of nitrogens with one attached hydrogen (secondary N) is 1. The Kier molecular flexibility index (Phi) is 6.23. The van der Waals surface area contributed by atoms with Crippen LogP contribution in [0.25, 0.3) is 6.08 Å². The van der Waals surface area contributed by atoms with Crippen LogP contribution in [-0.4, -0.2) is 6.03 Å². The fourth-order valence-corrected chi connectivity index (χ4v) is 2.96. The molecule has 3 aromatic rings. The van der Waals surface area contributed by atoms with Crippen molar-refractivity contribution in [3.8, 4) is 0 Å². The van der Waals surface area contributed by atoms with Crippen molar-refractivity contribution in [2.24, 2.45) is 0 Å². The maximum atomic E-state index is 12.8. The van der Waals surface area contributed by atoms with Crippen LogP contribution in [0.4, 0.5) is 10.5 Å². The molecule has 0 saturated heterocycles. The quantitative estimate of drug-likeness (QED) is 0.567. The summed E-state index contributed by atoms with van der Waals surface area (Å²) in [6.45, 7) is 0.500. The number of anilines is 1. The van der Waals surface area contributed by atoms with E-state index in [0.717, 1.165) is 21.3 Å². The minimum absolute atomic E-state index is 0.177. The smallest absolute Gasteiger partial charge is 0.314 e. The molecule has 3 aromatic carbocycles. The van der Waals surface area contributed by atoms with Gasteiger partial charge < -0.3 is 5.32 Å². The summed E-state index contributed by atoms with van der Waals surface area (Å²) in [5.41, 5.74) is 2.92. The Labute approximate surface area is 162 Å². The molecule has 0 aromatic heterocycles. The van der Waals surface area contributed by atoms with Crippen LogP contribution in [0.1, 0.15) is 11.1 Å². The van der Waals surface area contributed by atoms with Crippen molar-refractivity contribution in [3.05, 3.63) is 107 Å². The van der Waals surface area contributed by atoms with Crippen LogP contribution < -0.4 is 10.2 Å². The van der Waals surface area contributed by atoms with Crippen molar-refractivity contribution < 1.29 is 4.79 Å². The molecule has 0 aliphatic carbocycles. The van der Waals surface area contributed by atoms with Crippen LogP contribution in [-0.2, 0) is 6.54 Å². The maximum absolute atomic E-state index is 12.8. The van der Waals surface area contributed by atoms with Gasteiger partial charge in [-0.15, -0.1) is 0 Å². The van der Waals surface area contributed by atoms with Gasteiger partial charge in [0.25, 0.3) is 0 Å². The lowest BCUT2D eigenvalue weighted by Crippen LogP contribution is -2.37. The molecule has 0 atom stereocenters. The summed E-state index contributed by atoms with van der Waals surface area (Å²) in [4.78, 5) is 14.5. The molecule has 0 aliphatic heterocycles. The van der Waals surface area contributed by atoms with Gasteiger partial charge in [-0.3, -0.25) is 4.90 Å². The Morgan fingerprint density at radius 1 is 0.885 bits per heavy atom. The Balaban J connectivity index is 1.76. The molecule has 0 radical (unpaired) electrons. The number of carbonyl (C=O) groups excluding carboxylic acids is 1. The molecule has 3 nitrogen and oxygen atoms in total. The summed E-state index contributed by atoms with van der Waals surface area (Å²) in [7, 11) is 0. The number of hydrogen-bond donors (Lipinski definition) is 1. The summed E-state index contributed by atoms with van der Waals surface area (Å²) in [6.07, 6.45) is 3.54. The van der Waals surface area contributed by atoms with Crippen LogP contribution in [0.5, 0.6) is 0 Å². The van der Waals surface area contributed by atoms with Crippen molar-refractivity contribution in [3.63, 3.8) is 0 Å². The monoisotopic (exact) mass is 406 g/mol. The van der Waals surface area contributed by atoms with Gasteiger partial charge >= 0.3 is 6.03 Å². The van der Waals surface area contributed by atoms with Gasteiger partial charge in [-0.05, 0) is 35.4 Å². The lowest BCUT2D eigenvalue weighted by atomic mass is 10.2. The number of amides is 2. The van der Waals surface area contributed by atoms with E-state index in [2.05, 4.69) is 21.2 Å². The Hall–Kier alpha value is -2.85. The Morgan fingerprint density at radius 2 is 1.50 bits per heavy atom. The van der Waals surface area contributed by atoms with Gasteiger partial charge in [0.2, 0.25) is 0 Å². The SMILES string of the molecule is O=C(N/C=C/c1ccccc1Br)N(Cc1ccccc1)c1ccccc1. The van der Waals surface area contributed by atoms with Crippen molar-refractivity contribution in [2.75, 3.05) is 4.90 Å². The fraction of sp³-hybridized carbons (Fsp3) is 0.0455. The summed E-state index contributed by atoms with van der Waals surface area (Å²) in [5.74, 6) is 0. The lowest BCUT2D eigenvalue weighted by Gasteiger charge is -2.22. The third-order valence-electron chi connectivity index (χ3n) is 3.87. The summed E-state index contributed by atoms with van der Waals surface area (Å²) >= 11 is 3.50. The van der Waals surface area contributed by atoms with Gasteiger partial charge in [-0.2, -0.15) is 0 Å². The van der Waals surface area contributed by atoms with Gasteiger partial charge in [0.15, 0.2) is 0 Å². The fourth-order valence-electron chi connectivity index (χ4n) is 2.55. The third-order valence-corrected chi connectivity index (χ3v) is 4.59. The number of hydrogen-bond acceptors (Lipinski definition) is 1. The second-order valence-corrected chi connectivity index (χ2v) is 6.57. The van der Waals surface area contributed by atoms with Crippen molar-refractivity contribution >= 4 is 33.7 Å². The maximum Gasteiger partial charge on any atom is 0.326 e. The highest BCUT2D eigenvalue weighted by Gasteiger charge is 2.14. The van der Waals surface area contributed by atoms with E-state index in [0.29, 0.717) is 6.54 Å². The lowest BCUT2D eigenvalue weighted by molar-refractivity contribution is 0.249. The zero-order valence-electron chi connectivity index (χ0n) is 14.2. The molecule has 0 aliphatic rings. The zero-order chi connectivity index (χ0) is 18.2. The second-order valence-electron chi connectivity index (χ2n) is 5.71. The average Bonchev–Trinajstić information content (AvgIpc) is 2.69. The molecule has 4 heteroatoms. The summed E-state index contributed by atoms with van der Waals surface area (Å²) < 4.78 is 0.981. The first kappa shape index (κ1) is 18.0. The summed E-state index contributed by atoms with van der Waals surface area (Å²) in [6, 6.07) is 27.3. The summed E-state index contributed by atoms with van der Waals surface area (Å²) in [5, 5.41) is 2.86. The highest BCUT2D eigenvalue weighted by molar-refractivity contribution is 9.10. The number of urea groups is 1. The molecule has 0 bridgehead atoms. The van der Waals surface area contributed by atoms with Gasteiger partial charge in [-0.1, -0.05) is 82.7 Å². The predicted molar refractivity (Wildman–Crippen MR) is 111 cm³/mol. The van der Waals surface area contributed by atoms with E-state index in [1.54, 1.807) is 11.1 Å². The highest BCUT2D eigenvalue weighted by atomic mass is 79.9. The van der Waals surface area contributed by atoms with Crippen molar-refractivity contribution in [1.29, 1.82) is 0 Å². The first-order chi connectivity index (χ1) is 12.7. The van der Waals surface area contributed by atoms with E-state index >= 15 is 0 Å². The molecule has 0 spiro atoms. The standard InChI is InChI=1S/C22H19BrN2O/c23-21-14-8-7-11-19(21)15-16-24-22(26)25(20-12-5-2-6-13-20)17-18-9-3-1-4-10-18/h1-16H,17H2,(H,24,26)/b16-15+. The van der Waals surface area contributed by atoms with E-state index in [-0.39, 0.29) is 6.03 Å². The van der Waals surface area contributed by atoms with Crippen molar-refractivity contribution in [2.45, 2.75) is 6.54 Å². The topological polar surface area (TPSA) is 32.3 Å². The Morgan fingerprint density at radius 3 is 2.19 bits per heavy atom. The van der Waals surface area contributed by atoms with Crippen molar-refractivity contribution in [1.82, 2.24) is 5.32 Å². The molecule has 0 heterocycles. The zero-order valence-corrected chi connectivity index (χ0v) is 15.8. The molecule has 0 unspecified atom stereocenters. The number of halogens is 1. The molecule has 26 heavy (non-hydrogen) atoms. The largest absolute Gasteiger partial charge is 0.326 e. The molecule has 0 saturated carbocycles. The molecule has 0 fully saturated rings. The predicted octanol–water partition coefficient (Wildman–Crippen LogP) is 5.84. The van der Waals surface area contributed by atoms with Crippen LogP contribution in [0.2, 0.25) is 0 Å². The molecule has 3 rings (SSSR count). The number of carbonyl (C=O) groups is 1. The molecular formula is C22H19BrN2O. The van der Waals surface area contributed by atoms with E-state index in [4.69, 9.17) is 0 Å². The minimum Gasteiger partial charge on any atom is -0.314 e. The number of nitrogens with zero attached hydrogens (tertiary/aromatic N) is 1. The van der Waals surface area contributed by atoms with Gasteiger partial charge in [-0.25, -0.2) is 4.79 Å². The number of benzene rings is 3.